The molecule has 4 aromatic rings. The third-order valence-electron chi connectivity index (χ3n) is 31.4. The molecule has 4 atom stereocenters. The number of benzene rings is 4. The Morgan fingerprint density at radius 2 is 0.709 bits per heavy atom. The largest absolute Gasteiger partial charge is 0.508 e. The lowest BCUT2D eigenvalue weighted by Gasteiger charge is -2.46. The number of alkyl halides is 1. The van der Waals surface area contributed by atoms with Gasteiger partial charge in [0.1, 0.15) is 23.0 Å². The molecule has 0 bridgehead atoms. The fourth-order valence-electron chi connectivity index (χ4n) is 24.5. The summed E-state index contributed by atoms with van der Waals surface area (Å²) in [5.41, 5.74) is 13.9. The Bertz CT molecular complexity index is 4490. The summed E-state index contributed by atoms with van der Waals surface area (Å²) < 4.78 is 41.1. The van der Waals surface area contributed by atoms with Gasteiger partial charge in [-0.2, -0.15) is 0 Å². The molecule has 698 valence electrons. The molecule has 0 radical (unpaired) electrons. The van der Waals surface area contributed by atoms with Gasteiger partial charge >= 0.3 is 12.1 Å². The molecule has 4 aliphatic heterocycles. The van der Waals surface area contributed by atoms with E-state index in [4.69, 9.17) is 66.5 Å². The number of likely N-dealkylation sites (N-methyl/N-ethyl adjacent to an activating group) is 4. The zero-order chi connectivity index (χ0) is 91.4. The first-order valence-electron chi connectivity index (χ1n) is 46.6. The molecule has 27 nitrogen and oxygen atoms in total. The first-order chi connectivity index (χ1) is 60.9. The summed E-state index contributed by atoms with van der Waals surface area (Å²) >= 11 is 9.08. The van der Waals surface area contributed by atoms with Crippen LogP contribution in [0.25, 0.3) is 0 Å². The SMILES string of the molecule is BrC1CCCC1.CC(C)(C)OO.CN.CO.COC1CCC2(CC1)Cc1ccc(O)cc1C21NC(=O)N(C)C1=O.COC1CCC2(CC1)Cc1ccc(OC3CCCC3)cc1C21N=C(N)N(C)C1=O.COC1CCC2(CC1)Cc1ccc(OC3CCCC3)cc1C21NC(=O)N(C)C1=O.COC1CCC2(CC1)Cc1ccc(OC3CCCC3)cc1C21NC(=S)N(C)C1=O. The lowest BCUT2D eigenvalue weighted by atomic mass is 9.61. The smallest absolute Gasteiger partial charge is 0.325 e. The van der Waals surface area contributed by atoms with E-state index in [1.165, 1.54) is 104 Å². The van der Waals surface area contributed by atoms with Gasteiger partial charge in [-0.15, -0.1) is 0 Å². The third-order valence-corrected chi connectivity index (χ3v) is 32.7. The van der Waals surface area contributed by atoms with Crippen molar-refractivity contribution in [2.45, 2.75) is 327 Å². The lowest BCUT2D eigenvalue weighted by molar-refractivity contribution is -0.306. The van der Waals surface area contributed by atoms with Crippen molar-refractivity contribution in [2.24, 2.45) is 38.1 Å². The maximum Gasteiger partial charge on any atom is 0.325 e. The number of phenols is 1. The molecule has 29 heteroatoms. The number of carbonyl (C=O) groups excluding carboxylic acids is 6. The summed E-state index contributed by atoms with van der Waals surface area (Å²) in [4.78, 5) is 94.2. The quantitative estimate of drug-likeness (QED) is 0.0240. The topological polar surface area (TPSA) is 350 Å². The lowest BCUT2D eigenvalue weighted by Crippen LogP contribution is -2.56. The van der Waals surface area contributed by atoms with Crippen molar-refractivity contribution in [3.8, 4) is 23.0 Å². The molecule has 4 aromatic carbocycles. The monoisotopic (exact) mass is 1840 g/mol. The predicted octanol–water partition coefficient (Wildman–Crippen LogP) is 15.0. The molecule has 127 heavy (non-hydrogen) atoms. The van der Waals surface area contributed by atoms with E-state index < -0.39 is 27.8 Å². The molecule has 0 aromatic heterocycles. The van der Waals surface area contributed by atoms with Crippen LogP contribution < -0.4 is 41.6 Å². The summed E-state index contributed by atoms with van der Waals surface area (Å²) in [6, 6.07) is 23.4. The number of aromatic hydroxyl groups is 1. The fourth-order valence-corrected chi connectivity index (χ4v) is 25.4. The van der Waals surface area contributed by atoms with Crippen molar-refractivity contribution in [1.82, 2.24) is 35.6 Å². The van der Waals surface area contributed by atoms with Crippen molar-refractivity contribution < 1.29 is 82.3 Å². The zero-order valence-electron chi connectivity index (χ0n) is 77.2. The van der Waals surface area contributed by atoms with Crippen LogP contribution in [0.15, 0.2) is 77.8 Å². The highest BCUT2D eigenvalue weighted by Gasteiger charge is 2.72. The van der Waals surface area contributed by atoms with E-state index in [9.17, 15) is 33.9 Å². The van der Waals surface area contributed by atoms with E-state index >= 15 is 0 Å². The number of guanidine groups is 1. The maximum atomic E-state index is 13.7. The van der Waals surface area contributed by atoms with Crippen LogP contribution in [0.4, 0.5) is 9.59 Å². The minimum absolute atomic E-state index is 0.00244. The standard InChI is InChI=1S/C23H31N3O3.C23H30N2O4.C23H30N2O3S.C18H22N2O4.C5H9Br.C4H10O2.CH5N.CH4O/c1-26-20(27)23(25-21(26)24)19-13-18(29-17-5-3-4-6-17)8-7-15(19)14-22(23)11-9-16(28-2)10-12-22;1-25-20(26)23(24-21(25)27)19-13-18(29-17-5-3-4-6-17)8-7-15(19)14-22(23)11-9-16(28-2)10-12-22;1-25-20(26)23(24-21(25)29)19-13-18(28-17-5-3-4-6-17)8-7-15(19)14-22(23)11-9-16(27-2)10-12-22;1-20-15(22)18(19-16(20)23)14-9-12(21)4-3-11(14)10-17(18)7-5-13(24-2)6-8-17;6-5-3-1-2-4-5;1-4(2,3)6-5;2*1-2/h7-8,13,16-17H,3-6,9-12,14H2,1-2H3,(H2,24,25);7-8,13,16-17H,3-6,9-12,14H2,1-2H3,(H,24,27);7-8,13,16-17H,3-6,9-12,14H2,1-2H3,(H,24,29);3-4,9,13,21H,5-8,10H2,1-2H3,(H,19,23);5H,1-4H2;5H,1-3H3;2H2,1H3;2H,1H3. The predicted molar refractivity (Wildman–Crippen MR) is 493 cm³/mol. The Balaban J connectivity index is 0.000000137. The molecule has 10 N–H and O–H groups in total. The van der Waals surface area contributed by atoms with Gasteiger partial charge in [-0.1, -0.05) is 53.0 Å². The number of aliphatic hydroxyl groups excluding tert-OH is 1. The van der Waals surface area contributed by atoms with Gasteiger partial charge in [0, 0.05) is 90.2 Å². The number of aliphatic imine (C=N–C) groups is 1. The summed E-state index contributed by atoms with van der Waals surface area (Å²) in [6.07, 6.45) is 39.2. The number of urea groups is 2. The molecular formula is C98H141BrN10O17S. The maximum absolute atomic E-state index is 13.7. The number of fused-ring (bicyclic) bond motifs is 12. The van der Waals surface area contributed by atoms with Gasteiger partial charge in [0.05, 0.1) is 48.3 Å². The van der Waals surface area contributed by atoms with E-state index in [2.05, 4.69) is 85.0 Å². The number of carbonyl (C=O) groups is 6. The number of ether oxygens (including phenoxy) is 7. The number of nitrogens with one attached hydrogen (secondary N) is 3. The minimum atomic E-state index is -1.06. The number of methoxy groups -OCH3 is 4. The van der Waals surface area contributed by atoms with Crippen LogP contribution in [0.2, 0.25) is 0 Å². The summed E-state index contributed by atoms with van der Waals surface area (Å²) in [7, 11) is 16.2. The molecule has 11 fully saturated rings. The van der Waals surface area contributed by atoms with E-state index in [1.54, 1.807) is 87.4 Å². The molecule has 4 heterocycles. The van der Waals surface area contributed by atoms with E-state index in [-0.39, 0.29) is 99.7 Å². The van der Waals surface area contributed by atoms with E-state index in [1.807, 2.05) is 18.2 Å². The van der Waals surface area contributed by atoms with Crippen molar-refractivity contribution in [3.05, 3.63) is 117 Å². The van der Waals surface area contributed by atoms with Crippen LogP contribution in [0.3, 0.4) is 0 Å². The van der Waals surface area contributed by atoms with E-state index in [0.717, 1.165) is 230 Å². The van der Waals surface area contributed by atoms with Crippen molar-refractivity contribution >= 4 is 74.9 Å². The Hall–Kier alpha value is -7.58. The summed E-state index contributed by atoms with van der Waals surface area (Å²) in [6.45, 7) is 5.31. The Morgan fingerprint density at radius 1 is 0.417 bits per heavy atom. The fraction of sp³-hybridized carbons (Fsp3) is 0.673. The molecule has 12 aliphatic carbocycles. The second-order valence-corrected chi connectivity index (χ2v) is 40.9. The van der Waals surface area contributed by atoms with Gasteiger partial charge in [-0.3, -0.25) is 44.0 Å². The third kappa shape index (κ3) is 17.9. The zero-order valence-corrected chi connectivity index (χ0v) is 79.6. The number of nitrogens with zero attached hydrogens (tertiary/aromatic N) is 5. The first-order valence-corrected chi connectivity index (χ1v) is 48.0. The Labute approximate surface area is 764 Å². The number of imide groups is 2. The van der Waals surface area contributed by atoms with Crippen LogP contribution in [0, 0.1) is 21.7 Å². The van der Waals surface area contributed by atoms with Crippen LogP contribution in [0.1, 0.15) is 271 Å². The average Bonchev–Trinajstić information content (AvgIpc) is 1.55. The number of hydrogen-bond donors (Lipinski definition) is 8. The van der Waals surface area contributed by atoms with Gasteiger partial charge in [-0.05, 0) is 351 Å². The minimum Gasteiger partial charge on any atom is -0.508 e. The van der Waals surface area contributed by atoms with Gasteiger partial charge in [-0.25, -0.2) is 19.5 Å². The van der Waals surface area contributed by atoms with Crippen LogP contribution in [0.5, 0.6) is 23.0 Å². The molecule has 8 saturated carbocycles. The number of hydrogen-bond acceptors (Lipinski definition) is 21. The first kappa shape index (κ1) is 97.0. The number of halogens is 1. The number of phenolic OH excluding ortho intramolecular Hbond substituents is 1. The number of nitrogens with two attached hydrogens (primary N) is 2. The second-order valence-electron chi connectivity index (χ2n) is 39.2. The second kappa shape index (κ2) is 39.8. The normalized spacial score (nSPS) is 31.9. The molecular weight excluding hydrogens is 1700 g/mol. The van der Waals surface area contributed by atoms with Crippen LogP contribution >= 0.6 is 28.1 Å². The van der Waals surface area contributed by atoms with Crippen molar-refractivity contribution in [3.63, 3.8) is 0 Å². The van der Waals surface area contributed by atoms with Gasteiger partial charge in [0.2, 0.25) is 0 Å². The Kier molecular flexibility index (Phi) is 30.4. The highest BCUT2D eigenvalue weighted by Crippen LogP contribution is 2.66. The van der Waals surface area contributed by atoms with Gasteiger partial charge < -0.3 is 70.8 Å². The highest BCUT2D eigenvalue weighted by atomic mass is 79.9. The number of rotatable bonds is 10. The van der Waals surface area contributed by atoms with Gasteiger partial charge in [0.15, 0.2) is 33.2 Å². The van der Waals surface area contributed by atoms with Crippen LogP contribution in [-0.2, 0) is 90.9 Å². The molecule has 3 saturated heterocycles. The average molecular weight is 1840 g/mol. The summed E-state index contributed by atoms with van der Waals surface area (Å²) in [5, 5.41) is 35.0. The molecule has 16 aliphatic rings. The number of aliphatic hydroxyl groups is 1. The number of amides is 8. The highest BCUT2D eigenvalue weighted by molar-refractivity contribution is 9.09. The van der Waals surface area contributed by atoms with Crippen LogP contribution in [-0.4, -0.2) is 206 Å². The molecule has 4 unspecified atom stereocenters. The summed E-state index contributed by atoms with van der Waals surface area (Å²) in [5.74, 6) is 2.72. The van der Waals surface area contributed by atoms with E-state index in [0.29, 0.717) is 17.2 Å². The Morgan fingerprint density at radius 3 is 0.992 bits per heavy atom. The molecule has 20 rings (SSSR count). The molecule has 8 spiro atoms. The molecule has 8 amide bonds. The van der Waals surface area contributed by atoms with Crippen molar-refractivity contribution in [2.75, 3.05) is 70.8 Å². The van der Waals surface area contributed by atoms with Crippen molar-refractivity contribution in [1.29, 1.82) is 0 Å². The van der Waals surface area contributed by atoms with Gasteiger partial charge in [0.25, 0.3) is 23.6 Å². The number of thiocarbonyl (C=S) groups is 1.